The molecule has 0 amide bonds. The molecule has 0 saturated heterocycles. The van der Waals surface area contributed by atoms with Gasteiger partial charge in [-0.3, -0.25) is 0 Å². The van der Waals surface area contributed by atoms with Gasteiger partial charge in [-0.05, 0) is 24.1 Å². The smallest absolute Gasteiger partial charge is 0.421 e. The average Bonchev–Trinajstić information content (AvgIpc) is 3.19. The Bertz CT molecular complexity index is 1320. The first-order valence-electron chi connectivity index (χ1n) is 9.79. The van der Waals surface area contributed by atoms with Crippen molar-refractivity contribution in [3.63, 3.8) is 0 Å². The third-order valence-corrected chi connectivity index (χ3v) is 5.28. The maximum Gasteiger partial charge on any atom is 0.421 e. The van der Waals surface area contributed by atoms with Gasteiger partial charge in [0.2, 0.25) is 5.95 Å². The number of hydrogen-bond donors (Lipinski definition) is 3. The maximum absolute atomic E-state index is 14.0. The molecule has 0 saturated carbocycles. The van der Waals surface area contributed by atoms with E-state index in [1.165, 1.54) is 48.0 Å². The summed E-state index contributed by atoms with van der Waals surface area (Å²) in [6.07, 6.45) is -4.78. The highest BCUT2D eigenvalue weighted by atomic mass is 19.4. The summed E-state index contributed by atoms with van der Waals surface area (Å²) in [4.78, 5) is 8.64. The highest BCUT2D eigenvalue weighted by Crippen LogP contribution is 2.38. The second-order valence-electron chi connectivity index (χ2n) is 7.61. The fraction of sp³-hybridized carbons (Fsp3) is 0.286. The van der Waals surface area contributed by atoms with Crippen LogP contribution in [0.3, 0.4) is 0 Å². The molecule has 2 aromatic heterocycles. The van der Waals surface area contributed by atoms with Crippen molar-refractivity contribution < 1.29 is 27.4 Å². The van der Waals surface area contributed by atoms with Crippen molar-refractivity contribution in [2.75, 3.05) is 12.8 Å². The maximum atomic E-state index is 14.0. The molecular weight excluding hydrogens is 444 g/mol. The number of methoxy groups -OCH3 is 1. The Morgan fingerprint density at radius 2 is 1.82 bits per heavy atom. The van der Waals surface area contributed by atoms with Crippen LogP contribution < -0.4 is 15.8 Å². The SMILES string of the molecule is COc1cc(F)cc2c1nc(N)n1nc(CNCc3ccc([C@](C)(O)C(F)(F)F)cc3)nc21. The molecule has 2 aromatic carbocycles. The van der Waals surface area contributed by atoms with Gasteiger partial charge in [0.15, 0.2) is 17.1 Å². The number of nitrogens with two attached hydrogens (primary N) is 1. The van der Waals surface area contributed by atoms with Crippen LogP contribution in [-0.2, 0) is 18.7 Å². The molecule has 0 bridgehead atoms. The number of nitrogens with zero attached hydrogens (tertiary/aromatic N) is 4. The third kappa shape index (κ3) is 4.14. The highest BCUT2D eigenvalue weighted by molar-refractivity contribution is 5.95. The van der Waals surface area contributed by atoms with Crippen LogP contribution in [-0.4, -0.2) is 38.0 Å². The van der Waals surface area contributed by atoms with Crippen molar-refractivity contribution in [3.8, 4) is 5.75 Å². The minimum atomic E-state index is -4.78. The molecule has 174 valence electrons. The summed E-state index contributed by atoms with van der Waals surface area (Å²) in [5.41, 5.74) is 4.15. The van der Waals surface area contributed by atoms with Crippen LogP contribution >= 0.6 is 0 Å². The van der Waals surface area contributed by atoms with Crippen molar-refractivity contribution in [3.05, 3.63) is 59.2 Å². The molecule has 4 rings (SSSR count). The fourth-order valence-corrected chi connectivity index (χ4v) is 3.37. The Morgan fingerprint density at radius 1 is 1.12 bits per heavy atom. The Hall–Kier alpha value is -3.51. The molecule has 0 aliphatic rings. The van der Waals surface area contributed by atoms with Crippen LogP contribution in [0.15, 0.2) is 36.4 Å². The first-order valence-corrected chi connectivity index (χ1v) is 9.79. The second kappa shape index (κ2) is 8.12. The number of aliphatic hydroxyl groups is 1. The molecule has 0 fully saturated rings. The van der Waals surface area contributed by atoms with E-state index in [2.05, 4.69) is 20.4 Å². The van der Waals surface area contributed by atoms with Gasteiger partial charge < -0.3 is 20.9 Å². The predicted molar refractivity (Wildman–Crippen MR) is 112 cm³/mol. The second-order valence-corrected chi connectivity index (χ2v) is 7.61. The topological polar surface area (TPSA) is 111 Å². The van der Waals surface area contributed by atoms with E-state index in [-0.39, 0.29) is 23.8 Å². The number of nitrogen functional groups attached to an aromatic ring is 1. The number of halogens is 4. The van der Waals surface area contributed by atoms with Crippen LogP contribution in [0.1, 0.15) is 23.9 Å². The number of anilines is 1. The van der Waals surface area contributed by atoms with Gasteiger partial charge >= 0.3 is 6.18 Å². The minimum Gasteiger partial charge on any atom is -0.494 e. The van der Waals surface area contributed by atoms with Crippen molar-refractivity contribution in [1.29, 1.82) is 0 Å². The normalized spacial score (nSPS) is 14.0. The van der Waals surface area contributed by atoms with E-state index < -0.39 is 17.6 Å². The Labute approximate surface area is 185 Å². The van der Waals surface area contributed by atoms with Crippen molar-refractivity contribution in [1.82, 2.24) is 24.9 Å². The van der Waals surface area contributed by atoms with E-state index in [9.17, 15) is 22.7 Å². The molecular formula is C21H20F4N6O2. The molecule has 1 atom stereocenters. The third-order valence-electron chi connectivity index (χ3n) is 5.28. The first kappa shape index (κ1) is 22.7. The zero-order chi connectivity index (χ0) is 24.0. The molecule has 33 heavy (non-hydrogen) atoms. The fourth-order valence-electron chi connectivity index (χ4n) is 3.37. The lowest BCUT2D eigenvalue weighted by molar-refractivity contribution is -0.258. The standard InChI is InChI=1S/C21H20F4N6O2/c1-20(32,21(23,24)25)12-5-3-11(4-6-12)9-27-10-16-28-18-14-7-13(22)8-15(33-2)17(14)29-19(26)31(18)30-16/h3-8,27,32H,9-10H2,1-2H3,(H2,26,29)/t20-/m0/s1. The Morgan fingerprint density at radius 3 is 2.45 bits per heavy atom. The van der Waals surface area contributed by atoms with Crippen molar-refractivity contribution >= 4 is 22.5 Å². The van der Waals surface area contributed by atoms with E-state index >= 15 is 0 Å². The molecule has 0 aliphatic carbocycles. The molecule has 4 aromatic rings. The largest absolute Gasteiger partial charge is 0.494 e. The van der Waals surface area contributed by atoms with Crippen LogP contribution in [0, 0.1) is 5.82 Å². The Kier molecular flexibility index (Phi) is 5.58. The van der Waals surface area contributed by atoms with Crippen LogP contribution in [0.25, 0.3) is 16.6 Å². The molecule has 12 heteroatoms. The van der Waals surface area contributed by atoms with E-state index in [0.29, 0.717) is 41.4 Å². The van der Waals surface area contributed by atoms with Gasteiger partial charge in [-0.2, -0.15) is 17.7 Å². The number of rotatable bonds is 6. The zero-order valence-corrected chi connectivity index (χ0v) is 17.6. The number of aromatic nitrogens is 4. The molecule has 0 aliphatic heterocycles. The van der Waals surface area contributed by atoms with E-state index in [1.54, 1.807) is 0 Å². The van der Waals surface area contributed by atoms with Crippen LogP contribution in [0.2, 0.25) is 0 Å². The summed E-state index contributed by atoms with van der Waals surface area (Å²) in [5, 5.41) is 17.5. The lowest BCUT2D eigenvalue weighted by atomic mass is 9.94. The van der Waals surface area contributed by atoms with Gasteiger partial charge in [0.05, 0.1) is 19.0 Å². The summed E-state index contributed by atoms with van der Waals surface area (Å²) in [6.45, 7) is 1.22. The van der Waals surface area contributed by atoms with E-state index in [4.69, 9.17) is 10.5 Å². The number of alkyl halides is 3. The average molecular weight is 464 g/mol. The number of benzene rings is 2. The van der Waals surface area contributed by atoms with Gasteiger partial charge in [-0.1, -0.05) is 24.3 Å². The summed E-state index contributed by atoms with van der Waals surface area (Å²) in [6, 6.07) is 7.91. The van der Waals surface area contributed by atoms with Crippen LogP contribution in [0.5, 0.6) is 5.75 Å². The molecule has 0 radical (unpaired) electrons. The summed E-state index contributed by atoms with van der Waals surface area (Å²) in [5.74, 6) is 0.0996. The predicted octanol–water partition coefficient (Wildman–Crippen LogP) is 3.07. The number of nitrogens with one attached hydrogen (secondary N) is 1. The molecule has 8 nitrogen and oxygen atoms in total. The molecule has 0 unspecified atom stereocenters. The number of hydrogen-bond acceptors (Lipinski definition) is 7. The van der Waals surface area contributed by atoms with Gasteiger partial charge in [0, 0.05) is 12.6 Å². The van der Waals surface area contributed by atoms with E-state index in [1.807, 2.05) is 0 Å². The molecule has 0 spiro atoms. The molecule has 4 N–H and O–H groups in total. The first-order chi connectivity index (χ1) is 15.5. The van der Waals surface area contributed by atoms with Crippen molar-refractivity contribution in [2.45, 2.75) is 31.8 Å². The van der Waals surface area contributed by atoms with Gasteiger partial charge in [-0.15, -0.1) is 5.10 Å². The van der Waals surface area contributed by atoms with Crippen LogP contribution in [0.4, 0.5) is 23.5 Å². The number of fused-ring (bicyclic) bond motifs is 3. The summed E-state index contributed by atoms with van der Waals surface area (Å²) >= 11 is 0. The molecule has 2 heterocycles. The monoisotopic (exact) mass is 464 g/mol. The Balaban J connectivity index is 1.52. The minimum absolute atomic E-state index is 0.0495. The zero-order valence-electron chi connectivity index (χ0n) is 17.6. The summed E-state index contributed by atoms with van der Waals surface area (Å²) in [7, 11) is 1.39. The summed E-state index contributed by atoms with van der Waals surface area (Å²) < 4.78 is 59.4. The highest BCUT2D eigenvalue weighted by Gasteiger charge is 2.51. The lowest BCUT2D eigenvalue weighted by Crippen LogP contribution is -2.39. The van der Waals surface area contributed by atoms with Gasteiger partial charge in [-0.25, -0.2) is 14.4 Å². The van der Waals surface area contributed by atoms with Gasteiger partial charge in [0.25, 0.3) is 0 Å². The van der Waals surface area contributed by atoms with Crippen molar-refractivity contribution in [2.24, 2.45) is 0 Å². The van der Waals surface area contributed by atoms with Gasteiger partial charge in [0.1, 0.15) is 17.1 Å². The quantitative estimate of drug-likeness (QED) is 0.376. The number of ether oxygens (including phenoxy) is 1. The van der Waals surface area contributed by atoms with E-state index in [0.717, 1.165) is 0 Å². The lowest BCUT2D eigenvalue weighted by Gasteiger charge is -2.26.